The number of hydrogen-bond donors (Lipinski definition) is 0. The first-order valence-electron chi connectivity index (χ1n) is 8.64. The highest BCUT2D eigenvalue weighted by molar-refractivity contribution is 5.87. The normalized spacial score (nSPS) is 10.7. The topological polar surface area (TPSA) is 48.7 Å². The van der Waals surface area contributed by atoms with Gasteiger partial charge in [-0.2, -0.15) is 0 Å². The molecule has 4 nitrogen and oxygen atoms in total. The van der Waals surface area contributed by atoms with Crippen molar-refractivity contribution in [2.75, 3.05) is 7.11 Å². The minimum atomic E-state index is -0.247. The molecule has 0 bridgehead atoms. The molecule has 0 radical (unpaired) electrons. The summed E-state index contributed by atoms with van der Waals surface area (Å²) < 4.78 is 17.4. The van der Waals surface area contributed by atoms with E-state index in [-0.39, 0.29) is 17.8 Å². The molecule has 1 heterocycles. The summed E-state index contributed by atoms with van der Waals surface area (Å²) in [6.07, 6.45) is 0. The van der Waals surface area contributed by atoms with E-state index in [0.29, 0.717) is 22.5 Å². The van der Waals surface area contributed by atoms with Crippen LogP contribution in [0, 0.1) is 0 Å². The number of methoxy groups -OCH3 is 1. The molecule has 0 fully saturated rings. The van der Waals surface area contributed by atoms with Gasteiger partial charge in [0.25, 0.3) is 0 Å². The second-order valence-corrected chi connectivity index (χ2v) is 6.06. The van der Waals surface area contributed by atoms with Gasteiger partial charge in [-0.3, -0.25) is 4.79 Å². The third-order valence-corrected chi connectivity index (χ3v) is 4.32. The van der Waals surface area contributed by atoms with E-state index >= 15 is 0 Å². The summed E-state index contributed by atoms with van der Waals surface area (Å²) in [7, 11) is 1.53. The van der Waals surface area contributed by atoms with E-state index < -0.39 is 0 Å². The third-order valence-electron chi connectivity index (χ3n) is 4.32. The Kier molecular flexibility index (Phi) is 4.62. The fourth-order valence-corrected chi connectivity index (χ4v) is 3.00. The molecule has 0 saturated carbocycles. The number of hydrogen-bond acceptors (Lipinski definition) is 4. The summed E-state index contributed by atoms with van der Waals surface area (Å²) in [6, 6.07) is 24.5. The monoisotopic (exact) mass is 358 g/mol. The Balaban J connectivity index is 1.90. The maximum absolute atomic E-state index is 13.3. The number of ether oxygens (including phenoxy) is 2. The first-order valence-corrected chi connectivity index (χ1v) is 8.64. The van der Waals surface area contributed by atoms with Gasteiger partial charge in [0.15, 0.2) is 5.76 Å². The number of benzene rings is 3. The Morgan fingerprint density at radius 1 is 0.852 bits per heavy atom. The maximum Gasteiger partial charge on any atom is 0.239 e. The molecular formula is C23H18O4. The molecule has 0 atom stereocenters. The van der Waals surface area contributed by atoms with Crippen LogP contribution in [-0.4, -0.2) is 7.11 Å². The van der Waals surface area contributed by atoms with Crippen molar-refractivity contribution in [2.24, 2.45) is 0 Å². The zero-order chi connectivity index (χ0) is 18.6. The van der Waals surface area contributed by atoms with E-state index in [0.717, 1.165) is 11.1 Å². The lowest BCUT2D eigenvalue weighted by atomic mass is 10.1. The molecule has 3 aromatic carbocycles. The number of fused-ring (bicyclic) bond motifs is 1. The molecule has 0 aliphatic carbocycles. The highest BCUT2D eigenvalue weighted by Gasteiger charge is 2.20. The summed E-state index contributed by atoms with van der Waals surface area (Å²) in [5, 5.41) is 0.378. The van der Waals surface area contributed by atoms with Crippen LogP contribution in [0.5, 0.6) is 11.5 Å². The second kappa shape index (κ2) is 7.38. The lowest BCUT2D eigenvalue weighted by Crippen LogP contribution is -2.11. The zero-order valence-corrected chi connectivity index (χ0v) is 14.8. The highest BCUT2D eigenvalue weighted by Crippen LogP contribution is 2.33. The molecule has 0 N–H and O–H groups in total. The molecule has 0 spiro atoms. The second-order valence-electron chi connectivity index (χ2n) is 6.06. The summed E-state index contributed by atoms with van der Waals surface area (Å²) in [5.41, 5.74) is 1.96. The van der Waals surface area contributed by atoms with E-state index in [1.54, 1.807) is 18.2 Å². The molecule has 134 valence electrons. The van der Waals surface area contributed by atoms with E-state index in [4.69, 9.17) is 13.9 Å². The molecule has 0 aliphatic heterocycles. The van der Waals surface area contributed by atoms with Gasteiger partial charge in [-0.1, -0.05) is 66.7 Å². The fraction of sp³-hybridized carbons (Fsp3) is 0.0870. The van der Waals surface area contributed by atoms with Crippen LogP contribution in [0.4, 0.5) is 0 Å². The van der Waals surface area contributed by atoms with E-state index in [1.807, 2.05) is 60.7 Å². The highest BCUT2D eigenvalue weighted by atomic mass is 16.5. The molecule has 0 aliphatic rings. The van der Waals surface area contributed by atoms with Crippen molar-refractivity contribution in [3.05, 3.63) is 94.6 Å². The van der Waals surface area contributed by atoms with Gasteiger partial charge >= 0.3 is 0 Å². The smallest absolute Gasteiger partial charge is 0.239 e. The van der Waals surface area contributed by atoms with Crippen molar-refractivity contribution in [3.8, 4) is 22.8 Å². The van der Waals surface area contributed by atoms with Gasteiger partial charge in [0.1, 0.15) is 23.3 Å². The van der Waals surface area contributed by atoms with Crippen molar-refractivity contribution >= 4 is 11.0 Å². The molecule has 0 saturated heterocycles. The van der Waals surface area contributed by atoms with Crippen LogP contribution in [0.1, 0.15) is 5.56 Å². The summed E-state index contributed by atoms with van der Waals surface area (Å²) in [4.78, 5) is 13.3. The average Bonchev–Trinajstić information content (AvgIpc) is 2.73. The molecule has 4 heteroatoms. The van der Waals surface area contributed by atoms with Crippen LogP contribution < -0.4 is 14.9 Å². The first-order chi connectivity index (χ1) is 13.3. The fourth-order valence-electron chi connectivity index (χ4n) is 3.00. The van der Waals surface area contributed by atoms with E-state index in [9.17, 15) is 4.79 Å². The minimum absolute atomic E-state index is 0.182. The third kappa shape index (κ3) is 3.29. The summed E-state index contributed by atoms with van der Waals surface area (Å²) >= 11 is 0. The Hall–Kier alpha value is -3.53. The lowest BCUT2D eigenvalue weighted by Gasteiger charge is -2.13. The predicted molar refractivity (Wildman–Crippen MR) is 105 cm³/mol. The van der Waals surface area contributed by atoms with Crippen molar-refractivity contribution in [3.63, 3.8) is 0 Å². The van der Waals surface area contributed by atoms with Crippen LogP contribution in [0.15, 0.2) is 88.1 Å². The van der Waals surface area contributed by atoms with Gasteiger partial charge in [-0.15, -0.1) is 0 Å². The molecule has 1 aromatic heterocycles. The Morgan fingerprint density at radius 3 is 2.26 bits per heavy atom. The van der Waals surface area contributed by atoms with Crippen molar-refractivity contribution in [1.29, 1.82) is 0 Å². The van der Waals surface area contributed by atoms with Gasteiger partial charge in [-0.05, 0) is 17.7 Å². The zero-order valence-electron chi connectivity index (χ0n) is 14.8. The average molecular weight is 358 g/mol. The SMILES string of the molecule is COc1cccc2oc(-c3ccccc3)c(OCc3ccccc3)c(=O)c12. The Labute approximate surface area is 156 Å². The summed E-state index contributed by atoms with van der Waals surface area (Å²) in [6.45, 7) is 0.270. The van der Waals surface area contributed by atoms with Crippen LogP contribution >= 0.6 is 0 Å². The van der Waals surface area contributed by atoms with Crippen LogP contribution in [0.3, 0.4) is 0 Å². The van der Waals surface area contributed by atoms with Crippen molar-refractivity contribution in [2.45, 2.75) is 6.61 Å². The standard InChI is InChI=1S/C23H18O4/c1-25-18-13-8-14-19-20(18)21(24)23(26-15-16-9-4-2-5-10-16)22(27-19)17-11-6-3-7-12-17/h2-14H,15H2,1H3. The maximum atomic E-state index is 13.3. The lowest BCUT2D eigenvalue weighted by molar-refractivity contribution is 0.297. The molecule has 4 rings (SSSR count). The molecular weight excluding hydrogens is 340 g/mol. The van der Waals surface area contributed by atoms with Gasteiger partial charge in [0.2, 0.25) is 11.2 Å². The predicted octanol–water partition coefficient (Wildman–Crippen LogP) is 5.05. The minimum Gasteiger partial charge on any atom is -0.496 e. The van der Waals surface area contributed by atoms with E-state index in [2.05, 4.69) is 0 Å². The van der Waals surface area contributed by atoms with E-state index in [1.165, 1.54) is 7.11 Å². The Bertz CT molecular complexity index is 1120. The molecule has 0 amide bonds. The first kappa shape index (κ1) is 16.9. The van der Waals surface area contributed by atoms with Crippen molar-refractivity contribution in [1.82, 2.24) is 0 Å². The van der Waals surface area contributed by atoms with Crippen molar-refractivity contribution < 1.29 is 13.9 Å². The van der Waals surface area contributed by atoms with Gasteiger partial charge < -0.3 is 13.9 Å². The van der Waals surface area contributed by atoms with Crippen LogP contribution in [0.2, 0.25) is 0 Å². The molecule has 0 unspecified atom stereocenters. The number of rotatable bonds is 5. The molecule has 27 heavy (non-hydrogen) atoms. The summed E-state index contributed by atoms with van der Waals surface area (Å²) in [5.74, 6) is 1.06. The van der Waals surface area contributed by atoms with Gasteiger partial charge in [0, 0.05) is 5.56 Å². The Morgan fingerprint density at radius 2 is 1.56 bits per heavy atom. The van der Waals surface area contributed by atoms with Crippen LogP contribution in [0.25, 0.3) is 22.3 Å². The largest absolute Gasteiger partial charge is 0.496 e. The van der Waals surface area contributed by atoms with Gasteiger partial charge in [-0.25, -0.2) is 0 Å². The quantitative estimate of drug-likeness (QED) is 0.501. The molecule has 4 aromatic rings. The van der Waals surface area contributed by atoms with Gasteiger partial charge in [0.05, 0.1) is 7.11 Å². The van der Waals surface area contributed by atoms with Crippen LogP contribution in [-0.2, 0) is 6.61 Å².